The number of methoxy groups -OCH3 is 2. The summed E-state index contributed by atoms with van der Waals surface area (Å²) < 4.78 is 10.6. The van der Waals surface area contributed by atoms with E-state index in [0.29, 0.717) is 0 Å². The van der Waals surface area contributed by atoms with Crippen molar-refractivity contribution in [1.29, 1.82) is 0 Å². The lowest BCUT2D eigenvalue weighted by Gasteiger charge is -2.10. The third-order valence-corrected chi connectivity index (χ3v) is 3.44. The Hall–Kier alpha value is -1.48. The molecule has 0 amide bonds. The molecule has 0 unspecified atom stereocenters. The molecule has 0 heterocycles. The van der Waals surface area contributed by atoms with Crippen molar-refractivity contribution < 1.29 is 9.47 Å². The number of benzene rings is 1. The first-order chi connectivity index (χ1) is 9.24. The number of ether oxygens (including phenoxy) is 2. The van der Waals surface area contributed by atoms with Gasteiger partial charge in [-0.25, -0.2) is 0 Å². The summed E-state index contributed by atoms with van der Waals surface area (Å²) in [6, 6.07) is 6.84. The molecule has 0 spiro atoms. The van der Waals surface area contributed by atoms with Gasteiger partial charge in [0.25, 0.3) is 0 Å². The Kier molecular flexibility index (Phi) is 4.86. The smallest absolute Gasteiger partial charge is 0.161 e. The van der Waals surface area contributed by atoms with Gasteiger partial charge in [-0.15, -0.1) is 0 Å². The molecule has 3 nitrogen and oxygen atoms in total. The highest BCUT2D eigenvalue weighted by Crippen LogP contribution is 2.30. The third kappa shape index (κ3) is 4.00. The fourth-order valence-electron chi connectivity index (χ4n) is 2.06. The Balaban J connectivity index is 1.96. The van der Waals surface area contributed by atoms with E-state index >= 15 is 0 Å². The van der Waals surface area contributed by atoms with Gasteiger partial charge in [0.2, 0.25) is 0 Å². The zero-order valence-corrected chi connectivity index (χ0v) is 12.0. The van der Waals surface area contributed by atoms with E-state index in [9.17, 15) is 0 Å². The highest BCUT2D eigenvalue weighted by molar-refractivity contribution is 5.66. The molecule has 19 heavy (non-hydrogen) atoms. The van der Waals surface area contributed by atoms with Crippen LogP contribution in [0.4, 0.5) is 0 Å². The SMILES string of the molecule is COc1ccc(C(C)=CCCNC2CC2)cc1OC. The third-order valence-electron chi connectivity index (χ3n) is 3.44. The molecular formula is C16H23NO2. The number of allylic oxidation sites excluding steroid dienone is 1. The fourth-order valence-corrected chi connectivity index (χ4v) is 2.06. The largest absolute Gasteiger partial charge is 0.493 e. The second-order valence-electron chi connectivity index (χ2n) is 4.97. The van der Waals surface area contributed by atoms with E-state index < -0.39 is 0 Å². The molecule has 1 N–H and O–H groups in total. The van der Waals surface area contributed by atoms with Gasteiger partial charge in [0.15, 0.2) is 11.5 Å². The summed E-state index contributed by atoms with van der Waals surface area (Å²) in [5.74, 6) is 1.55. The van der Waals surface area contributed by atoms with Crippen LogP contribution in [0.3, 0.4) is 0 Å². The standard InChI is InChI=1S/C16H23NO2/c1-12(5-4-10-17-14-7-8-14)13-6-9-15(18-2)16(11-13)19-3/h5-6,9,11,14,17H,4,7-8,10H2,1-3H3. The van der Waals surface area contributed by atoms with Crippen molar-refractivity contribution in [3.8, 4) is 11.5 Å². The van der Waals surface area contributed by atoms with E-state index in [-0.39, 0.29) is 0 Å². The first-order valence-electron chi connectivity index (χ1n) is 6.87. The summed E-state index contributed by atoms with van der Waals surface area (Å²) in [5, 5.41) is 3.51. The van der Waals surface area contributed by atoms with Gasteiger partial charge in [0, 0.05) is 6.04 Å². The molecule has 0 saturated heterocycles. The highest BCUT2D eigenvalue weighted by atomic mass is 16.5. The van der Waals surface area contributed by atoms with Crippen LogP contribution in [-0.2, 0) is 0 Å². The van der Waals surface area contributed by atoms with Crippen LogP contribution in [0, 0.1) is 0 Å². The molecule has 3 heteroatoms. The van der Waals surface area contributed by atoms with Gasteiger partial charge in [-0.2, -0.15) is 0 Å². The average Bonchev–Trinajstić information content (AvgIpc) is 3.26. The second kappa shape index (κ2) is 6.62. The van der Waals surface area contributed by atoms with Crippen LogP contribution in [0.2, 0.25) is 0 Å². The molecule has 1 aromatic carbocycles. The van der Waals surface area contributed by atoms with Crippen molar-refractivity contribution >= 4 is 5.57 Å². The van der Waals surface area contributed by atoms with E-state index in [0.717, 1.165) is 30.5 Å². The number of hydrogen-bond acceptors (Lipinski definition) is 3. The summed E-state index contributed by atoms with van der Waals surface area (Å²) in [7, 11) is 3.32. The van der Waals surface area contributed by atoms with Crippen molar-refractivity contribution in [2.45, 2.75) is 32.2 Å². The lowest BCUT2D eigenvalue weighted by Crippen LogP contribution is -2.16. The minimum atomic E-state index is 0.773. The maximum atomic E-state index is 5.33. The summed E-state index contributed by atoms with van der Waals surface area (Å²) in [4.78, 5) is 0. The van der Waals surface area contributed by atoms with Crippen LogP contribution in [0.5, 0.6) is 11.5 Å². The molecule has 0 aromatic heterocycles. The predicted molar refractivity (Wildman–Crippen MR) is 78.8 cm³/mol. The van der Waals surface area contributed by atoms with Gasteiger partial charge in [-0.05, 0) is 56.0 Å². The number of nitrogens with one attached hydrogen (secondary N) is 1. The molecule has 0 bridgehead atoms. The zero-order chi connectivity index (χ0) is 13.7. The maximum absolute atomic E-state index is 5.33. The summed E-state index contributed by atoms with van der Waals surface area (Å²) in [5.41, 5.74) is 2.46. The monoisotopic (exact) mass is 261 g/mol. The zero-order valence-electron chi connectivity index (χ0n) is 12.0. The minimum absolute atomic E-state index is 0.773. The molecule has 1 aromatic rings. The van der Waals surface area contributed by atoms with Crippen LogP contribution >= 0.6 is 0 Å². The van der Waals surface area contributed by atoms with Crippen LogP contribution in [0.15, 0.2) is 24.3 Å². The molecule has 0 atom stereocenters. The quantitative estimate of drug-likeness (QED) is 0.764. The van der Waals surface area contributed by atoms with Gasteiger partial charge in [0.1, 0.15) is 0 Å². The number of hydrogen-bond donors (Lipinski definition) is 1. The minimum Gasteiger partial charge on any atom is -0.493 e. The Morgan fingerprint density at radius 2 is 2.00 bits per heavy atom. The van der Waals surface area contributed by atoms with Crippen molar-refractivity contribution in [1.82, 2.24) is 5.32 Å². The van der Waals surface area contributed by atoms with E-state index in [1.807, 2.05) is 12.1 Å². The van der Waals surface area contributed by atoms with Gasteiger partial charge in [0.05, 0.1) is 14.2 Å². The lowest BCUT2D eigenvalue weighted by atomic mass is 10.1. The van der Waals surface area contributed by atoms with Gasteiger partial charge >= 0.3 is 0 Å². The maximum Gasteiger partial charge on any atom is 0.161 e. The van der Waals surface area contributed by atoms with Crippen molar-refractivity contribution in [3.05, 3.63) is 29.8 Å². The van der Waals surface area contributed by atoms with Gasteiger partial charge < -0.3 is 14.8 Å². The Morgan fingerprint density at radius 3 is 2.63 bits per heavy atom. The first-order valence-corrected chi connectivity index (χ1v) is 6.87. The van der Waals surface area contributed by atoms with Crippen LogP contribution in [0.25, 0.3) is 5.57 Å². The number of rotatable bonds is 7. The van der Waals surface area contributed by atoms with Crippen molar-refractivity contribution in [3.63, 3.8) is 0 Å². The fraction of sp³-hybridized carbons (Fsp3) is 0.500. The Bertz CT molecular complexity index is 450. The molecule has 1 fully saturated rings. The Morgan fingerprint density at radius 1 is 1.26 bits per heavy atom. The summed E-state index contributed by atoms with van der Waals surface area (Å²) in [6.45, 7) is 3.20. The van der Waals surface area contributed by atoms with E-state index in [1.54, 1.807) is 14.2 Å². The topological polar surface area (TPSA) is 30.5 Å². The van der Waals surface area contributed by atoms with Gasteiger partial charge in [-0.3, -0.25) is 0 Å². The average molecular weight is 261 g/mol. The molecule has 1 saturated carbocycles. The molecule has 104 valence electrons. The second-order valence-corrected chi connectivity index (χ2v) is 4.97. The summed E-state index contributed by atoms with van der Waals surface area (Å²) >= 11 is 0. The molecule has 1 aliphatic carbocycles. The Labute approximate surface area is 115 Å². The van der Waals surface area contributed by atoms with E-state index in [4.69, 9.17) is 9.47 Å². The predicted octanol–water partition coefficient (Wildman–Crippen LogP) is 3.25. The lowest BCUT2D eigenvalue weighted by molar-refractivity contribution is 0.355. The normalized spacial score (nSPS) is 15.4. The van der Waals surface area contributed by atoms with E-state index in [2.05, 4.69) is 24.4 Å². The first kappa shape index (κ1) is 13.9. The van der Waals surface area contributed by atoms with Crippen molar-refractivity contribution in [2.24, 2.45) is 0 Å². The van der Waals surface area contributed by atoms with Crippen LogP contribution in [-0.4, -0.2) is 26.8 Å². The molecule has 2 rings (SSSR count). The molecule has 1 aliphatic rings. The van der Waals surface area contributed by atoms with Crippen molar-refractivity contribution in [2.75, 3.05) is 20.8 Å². The van der Waals surface area contributed by atoms with E-state index in [1.165, 1.54) is 24.0 Å². The van der Waals surface area contributed by atoms with Crippen LogP contribution < -0.4 is 14.8 Å². The van der Waals surface area contributed by atoms with Gasteiger partial charge in [-0.1, -0.05) is 12.1 Å². The molecule has 0 aliphatic heterocycles. The summed E-state index contributed by atoms with van der Waals surface area (Å²) in [6.07, 6.45) is 6.03. The highest BCUT2D eigenvalue weighted by Gasteiger charge is 2.19. The van der Waals surface area contributed by atoms with Crippen LogP contribution in [0.1, 0.15) is 31.7 Å². The molecule has 0 radical (unpaired) electrons. The molecular weight excluding hydrogens is 238 g/mol.